The number of nitro benzene ring substituents is 1. The van der Waals surface area contributed by atoms with Gasteiger partial charge in [0.05, 0.1) is 16.2 Å². The summed E-state index contributed by atoms with van der Waals surface area (Å²) in [5, 5.41) is 13.5. The van der Waals surface area contributed by atoms with Crippen molar-refractivity contribution in [2.75, 3.05) is 5.43 Å². The van der Waals surface area contributed by atoms with Crippen LogP contribution in [0.3, 0.4) is 0 Å². The number of nitrogen functional groups attached to an aromatic ring is 1. The number of nitrogens with two attached hydrogens (primary N) is 1. The number of nitrogens with zero attached hydrogens (tertiary/aromatic N) is 1. The number of non-ortho nitro benzene ring substituents is 1. The quantitative estimate of drug-likeness (QED) is 0.422. The SMILES string of the molecule is CC1(NC(=O)c2cc([N+](=O)[O-])ccc2NN)CC1. The first kappa shape index (κ1) is 12.3. The van der Waals surface area contributed by atoms with Crippen LogP contribution >= 0.6 is 0 Å². The summed E-state index contributed by atoms with van der Waals surface area (Å²) >= 11 is 0. The van der Waals surface area contributed by atoms with E-state index in [1.807, 2.05) is 6.92 Å². The van der Waals surface area contributed by atoms with Crippen LogP contribution in [-0.2, 0) is 0 Å². The molecule has 7 nitrogen and oxygen atoms in total. The van der Waals surface area contributed by atoms with Crippen molar-refractivity contribution in [3.05, 3.63) is 33.9 Å². The number of hydrogen-bond donors (Lipinski definition) is 3. The molecule has 0 heterocycles. The van der Waals surface area contributed by atoms with E-state index in [4.69, 9.17) is 5.84 Å². The van der Waals surface area contributed by atoms with Crippen molar-refractivity contribution < 1.29 is 9.72 Å². The van der Waals surface area contributed by atoms with Gasteiger partial charge in [-0.15, -0.1) is 0 Å². The van der Waals surface area contributed by atoms with E-state index >= 15 is 0 Å². The zero-order valence-corrected chi connectivity index (χ0v) is 9.90. The maximum atomic E-state index is 12.0. The van der Waals surface area contributed by atoms with Crippen molar-refractivity contribution in [3.8, 4) is 0 Å². The van der Waals surface area contributed by atoms with Gasteiger partial charge in [0, 0.05) is 17.7 Å². The molecular formula is C11H14N4O3. The minimum Gasteiger partial charge on any atom is -0.347 e. The summed E-state index contributed by atoms with van der Waals surface area (Å²) in [6.07, 6.45) is 1.83. The molecule has 0 unspecified atom stereocenters. The van der Waals surface area contributed by atoms with Crippen molar-refractivity contribution >= 4 is 17.3 Å². The zero-order valence-electron chi connectivity index (χ0n) is 9.90. The first-order chi connectivity index (χ1) is 8.45. The Labute approximate surface area is 103 Å². The lowest BCUT2D eigenvalue weighted by molar-refractivity contribution is -0.384. The van der Waals surface area contributed by atoms with E-state index in [1.165, 1.54) is 18.2 Å². The minimum absolute atomic E-state index is 0.139. The molecule has 18 heavy (non-hydrogen) atoms. The molecule has 0 aliphatic heterocycles. The lowest BCUT2D eigenvalue weighted by atomic mass is 10.1. The van der Waals surface area contributed by atoms with Gasteiger partial charge in [-0.1, -0.05) is 0 Å². The van der Waals surface area contributed by atoms with Crippen LogP contribution in [0.4, 0.5) is 11.4 Å². The van der Waals surface area contributed by atoms with Crippen LogP contribution in [0.2, 0.25) is 0 Å². The molecule has 1 aromatic carbocycles. The molecule has 2 rings (SSSR count). The van der Waals surface area contributed by atoms with Crippen LogP contribution in [0.1, 0.15) is 30.1 Å². The molecule has 0 radical (unpaired) electrons. The van der Waals surface area contributed by atoms with Gasteiger partial charge in [-0.3, -0.25) is 20.8 Å². The highest BCUT2D eigenvalue weighted by Crippen LogP contribution is 2.35. The number of carbonyl (C=O) groups is 1. The Hall–Kier alpha value is -2.15. The number of rotatable bonds is 4. The van der Waals surface area contributed by atoms with E-state index in [0.29, 0.717) is 5.69 Å². The van der Waals surface area contributed by atoms with Crippen LogP contribution in [-0.4, -0.2) is 16.4 Å². The van der Waals surface area contributed by atoms with Crippen LogP contribution < -0.4 is 16.6 Å². The fraction of sp³-hybridized carbons (Fsp3) is 0.364. The molecule has 1 fully saturated rings. The number of benzene rings is 1. The molecule has 0 saturated heterocycles. The summed E-state index contributed by atoms with van der Waals surface area (Å²) in [7, 11) is 0. The van der Waals surface area contributed by atoms with E-state index in [9.17, 15) is 14.9 Å². The first-order valence-electron chi connectivity index (χ1n) is 5.53. The van der Waals surface area contributed by atoms with Gasteiger partial charge in [0.1, 0.15) is 0 Å². The van der Waals surface area contributed by atoms with E-state index in [0.717, 1.165) is 12.8 Å². The molecule has 0 atom stereocenters. The Morgan fingerprint density at radius 2 is 2.17 bits per heavy atom. The second-order valence-electron chi connectivity index (χ2n) is 4.65. The highest BCUT2D eigenvalue weighted by molar-refractivity contribution is 6.00. The molecule has 0 aromatic heterocycles. The summed E-state index contributed by atoms with van der Waals surface area (Å²) in [6, 6.07) is 3.93. The monoisotopic (exact) mass is 250 g/mol. The fourth-order valence-corrected chi connectivity index (χ4v) is 1.61. The second kappa shape index (κ2) is 4.26. The topological polar surface area (TPSA) is 110 Å². The number of nitro groups is 1. The molecule has 1 amide bonds. The van der Waals surface area contributed by atoms with Gasteiger partial charge >= 0.3 is 0 Å². The molecule has 1 saturated carbocycles. The highest BCUT2D eigenvalue weighted by Gasteiger charge is 2.39. The molecule has 1 aliphatic carbocycles. The number of amides is 1. The van der Waals surface area contributed by atoms with Crippen molar-refractivity contribution in [1.82, 2.24) is 5.32 Å². The Bertz CT molecular complexity index is 511. The van der Waals surface area contributed by atoms with Gasteiger partial charge in [0.2, 0.25) is 0 Å². The Kier molecular flexibility index (Phi) is 2.92. The number of anilines is 1. The third kappa shape index (κ3) is 2.40. The van der Waals surface area contributed by atoms with Gasteiger partial charge in [0.25, 0.3) is 11.6 Å². The van der Waals surface area contributed by atoms with E-state index < -0.39 is 4.92 Å². The number of hydrogen-bond acceptors (Lipinski definition) is 5. The summed E-state index contributed by atoms with van der Waals surface area (Å²) in [4.78, 5) is 22.2. The van der Waals surface area contributed by atoms with E-state index in [2.05, 4.69) is 10.7 Å². The lowest BCUT2D eigenvalue weighted by Crippen LogP contribution is -2.34. The largest absolute Gasteiger partial charge is 0.347 e. The molecule has 4 N–H and O–H groups in total. The Balaban J connectivity index is 2.31. The van der Waals surface area contributed by atoms with Crippen molar-refractivity contribution in [1.29, 1.82) is 0 Å². The molecule has 1 aromatic rings. The van der Waals surface area contributed by atoms with E-state index in [-0.39, 0.29) is 22.7 Å². The molecule has 0 bridgehead atoms. The van der Waals surface area contributed by atoms with Gasteiger partial charge in [-0.2, -0.15) is 0 Å². The summed E-state index contributed by atoms with van der Waals surface area (Å²) < 4.78 is 0. The van der Waals surface area contributed by atoms with Crippen molar-refractivity contribution in [2.45, 2.75) is 25.3 Å². The van der Waals surface area contributed by atoms with Gasteiger partial charge in [-0.05, 0) is 25.8 Å². The van der Waals surface area contributed by atoms with Gasteiger partial charge in [-0.25, -0.2) is 0 Å². The smallest absolute Gasteiger partial charge is 0.270 e. The second-order valence-corrected chi connectivity index (χ2v) is 4.65. The maximum Gasteiger partial charge on any atom is 0.270 e. The minimum atomic E-state index is -0.546. The predicted octanol–water partition coefficient (Wildman–Crippen LogP) is 1.16. The fourth-order valence-electron chi connectivity index (χ4n) is 1.61. The van der Waals surface area contributed by atoms with E-state index in [1.54, 1.807) is 0 Å². The lowest BCUT2D eigenvalue weighted by Gasteiger charge is -2.13. The van der Waals surface area contributed by atoms with Crippen LogP contribution in [0, 0.1) is 10.1 Å². The average molecular weight is 250 g/mol. The van der Waals surface area contributed by atoms with Gasteiger partial charge < -0.3 is 10.7 Å². The Morgan fingerprint density at radius 3 is 2.67 bits per heavy atom. The highest BCUT2D eigenvalue weighted by atomic mass is 16.6. The summed E-state index contributed by atoms with van der Waals surface area (Å²) in [6.45, 7) is 1.93. The van der Waals surface area contributed by atoms with Crippen molar-refractivity contribution in [2.24, 2.45) is 5.84 Å². The van der Waals surface area contributed by atoms with Crippen LogP contribution in [0.15, 0.2) is 18.2 Å². The van der Waals surface area contributed by atoms with Gasteiger partial charge in [0.15, 0.2) is 0 Å². The normalized spacial score (nSPS) is 15.9. The average Bonchev–Trinajstić information content (AvgIpc) is 3.05. The Morgan fingerprint density at radius 1 is 1.50 bits per heavy atom. The summed E-state index contributed by atoms with van der Waals surface area (Å²) in [5.41, 5.74) is 2.58. The van der Waals surface area contributed by atoms with Crippen LogP contribution in [0.25, 0.3) is 0 Å². The van der Waals surface area contributed by atoms with Crippen LogP contribution in [0.5, 0.6) is 0 Å². The predicted molar refractivity (Wildman–Crippen MR) is 66.0 cm³/mol. The molecule has 96 valence electrons. The van der Waals surface area contributed by atoms with Crippen molar-refractivity contribution in [3.63, 3.8) is 0 Å². The number of hydrazine groups is 1. The molecule has 0 spiro atoms. The third-order valence-electron chi connectivity index (χ3n) is 3.03. The first-order valence-corrected chi connectivity index (χ1v) is 5.53. The molecular weight excluding hydrogens is 236 g/mol. The third-order valence-corrected chi connectivity index (χ3v) is 3.03. The number of nitrogens with one attached hydrogen (secondary N) is 2. The standard InChI is InChI=1S/C11H14N4O3/c1-11(4-5-11)13-10(16)8-6-7(15(17)18)2-3-9(8)14-12/h2-3,6,14H,4-5,12H2,1H3,(H,13,16). The zero-order chi connectivity index (χ0) is 13.3. The maximum absolute atomic E-state index is 12.0. The number of carbonyl (C=O) groups excluding carboxylic acids is 1. The molecule has 1 aliphatic rings. The molecule has 7 heteroatoms. The summed E-state index contributed by atoms with van der Waals surface area (Å²) in [5.74, 6) is 4.94.